The van der Waals surface area contributed by atoms with Gasteiger partial charge in [0.25, 0.3) is 0 Å². The van der Waals surface area contributed by atoms with Crippen molar-refractivity contribution in [2.24, 2.45) is 0 Å². The molecule has 4 aromatic rings. The van der Waals surface area contributed by atoms with Gasteiger partial charge in [0.2, 0.25) is 0 Å². The normalized spacial score (nSPS) is 14.4. The molecule has 1 unspecified atom stereocenters. The van der Waals surface area contributed by atoms with Crippen molar-refractivity contribution in [3.05, 3.63) is 60.6 Å². The van der Waals surface area contributed by atoms with Crippen molar-refractivity contribution in [1.29, 1.82) is 0 Å². The third-order valence-corrected chi connectivity index (χ3v) is 8.61. The number of fused-ring (bicyclic) bond motifs is 2. The van der Waals surface area contributed by atoms with Crippen molar-refractivity contribution < 1.29 is 29.0 Å². The molecule has 2 amide bonds. The minimum absolute atomic E-state index is 0.146. The van der Waals surface area contributed by atoms with Gasteiger partial charge in [0, 0.05) is 48.2 Å². The molecular weight excluding hydrogens is 547 g/mol. The van der Waals surface area contributed by atoms with E-state index < -0.39 is 19.0 Å². The van der Waals surface area contributed by atoms with Gasteiger partial charge in [0.1, 0.15) is 18.1 Å². The summed E-state index contributed by atoms with van der Waals surface area (Å²) < 4.78 is 19.2. The lowest BCUT2D eigenvalue weighted by Gasteiger charge is -2.24. The predicted octanol–water partition coefficient (Wildman–Crippen LogP) is 3.45. The first-order chi connectivity index (χ1) is 19.6. The maximum absolute atomic E-state index is 12.0. The number of urea groups is 1. The van der Waals surface area contributed by atoms with E-state index in [0.29, 0.717) is 5.75 Å². The molecule has 0 spiro atoms. The molecule has 13 heteroatoms. The van der Waals surface area contributed by atoms with Crippen LogP contribution in [0.25, 0.3) is 33.4 Å². The first kappa shape index (κ1) is 28.7. The molecule has 4 heterocycles. The standard InChI is InChI=1S/C28H33N6O6P/c1-28(36,41(37,38)39)11-5-13-31-27(35)32-15-17-40-19-8-9-20-21(10-14-30-23(20)18-19)25-24-7-4-16-34(24)33-26(25)22-6-2-3-12-29-22/h2-3,6,8-10,12,14,18,36H,4-5,7,11,13,15-17H2,1H3,(H2,31,32,35)(H2,37,38,39). The zero-order valence-electron chi connectivity index (χ0n) is 22.7. The van der Waals surface area contributed by atoms with E-state index in [4.69, 9.17) is 19.6 Å². The number of aryl methyl sites for hydroxylation is 1. The molecule has 0 bridgehead atoms. The van der Waals surface area contributed by atoms with Crippen molar-refractivity contribution in [1.82, 2.24) is 30.4 Å². The van der Waals surface area contributed by atoms with E-state index in [1.165, 1.54) is 5.69 Å². The van der Waals surface area contributed by atoms with Crippen molar-refractivity contribution >= 4 is 24.5 Å². The minimum atomic E-state index is -4.63. The molecule has 12 nitrogen and oxygen atoms in total. The fourth-order valence-electron chi connectivity index (χ4n) is 4.90. The maximum Gasteiger partial charge on any atom is 0.356 e. The highest BCUT2D eigenvalue weighted by Crippen LogP contribution is 2.50. The second-order valence-electron chi connectivity index (χ2n) is 10.1. The monoisotopic (exact) mass is 580 g/mol. The van der Waals surface area contributed by atoms with Crippen LogP contribution in [0.2, 0.25) is 0 Å². The minimum Gasteiger partial charge on any atom is -0.492 e. The van der Waals surface area contributed by atoms with E-state index >= 15 is 0 Å². The summed E-state index contributed by atoms with van der Waals surface area (Å²) in [6, 6.07) is 13.1. The highest BCUT2D eigenvalue weighted by atomic mass is 31.2. The number of carbonyl (C=O) groups excluding carboxylic acids is 1. The number of amides is 2. The van der Waals surface area contributed by atoms with Crippen LogP contribution in [0, 0.1) is 0 Å². The van der Waals surface area contributed by atoms with Gasteiger partial charge >= 0.3 is 13.6 Å². The molecule has 0 saturated heterocycles. The van der Waals surface area contributed by atoms with E-state index in [0.717, 1.165) is 59.7 Å². The number of aromatic nitrogens is 4. The van der Waals surface area contributed by atoms with Crippen molar-refractivity contribution in [3.8, 4) is 28.3 Å². The Morgan fingerprint density at radius 1 is 1.12 bits per heavy atom. The molecule has 0 aliphatic carbocycles. The van der Waals surface area contributed by atoms with E-state index in [1.54, 1.807) is 12.4 Å². The molecule has 0 fully saturated rings. The van der Waals surface area contributed by atoms with Crippen molar-refractivity contribution in [2.45, 2.75) is 44.5 Å². The molecule has 5 N–H and O–H groups in total. The van der Waals surface area contributed by atoms with E-state index in [1.807, 2.05) is 42.5 Å². The maximum atomic E-state index is 12.0. The highest BCUT2D eigenvalue weighted by Gasteiger charge is 2.39. The van der Waals surface area contributed by atoms with Gasteiger partial charge in [-0.15, -0.1) is 0 Å². The Labute approximate surface area is 237 Å². The number of hydrogen-bond acceptors (Lipinski definition) is 7. The largest absolute Gasteiger partial charge is 0.492 e. The number of pyridine rings is 2. The van der Waals surface area contributed by atoms with Gasteiger partial charge in [-0.1, -0.05) is 6.07 Å². The van der Waals surface area contributed by atoms with Crippen LogP contribution in [0.15, 0.2) is 54.9 Å². The van der Waals surface area contributed by atoms with Gasteiger partial charge in [-0.05, 0) is 68.5 Å². The molecule has 1 aliphatic rings. The van der Waals surface area contributed by atoms with Crippen LogP contribution in [0.1, 0.15) is 31.9 Å². The first-order valence-corrected chi connectivity index (χ1v) is 15.1. The van der Waals surface area contributed by atoms with Gasteiger partial charge in [-0.3, -0.25) is 19.2 Å². The summed E-state index contributed by atoms with van der Waals surface area (Å²) >= 11 is 0. The third kappa shape index (κ3) is 6.41. The average Bonchev–Trinajstić information content (AvgIpc) is 3.55. The summed E-state index contributed by atoms with van der Waals surface area (Å²) in [5.41, 5.74) is 5.81. The van der Waals surface area contributed by atoms with Crippen LogP contribution >= 0.6 is 7.60 Å². The molecule has 41 heavy (non-hydrogen) atoms. The zero-order chi connectivity index (χ0) is 29.0. The number of rotatable bonds is 11. The molecule has 0 radical (unpaired) electrons. The Morgan fingerprint density at radius 2 is 1.95 bits per heavy atom. The lowest BCUT2D eigenvalue weighted by atomic mass is 9.96. The second-order valence-corrected chi connectivity index (χ2v) is 12.2. The summed E-state index contributed by atoms with van der Waals surface area (Å²) in [5, 5.41) is 18.8. The zero-order valence-corrected chi connectivity index (χ0v) is 23.5. The topological polar surface area (TPSA) is 172 Å². The predicted molar refractivity (Wildman–Crippen MR) is 153 cm³/mol. The fraction of sp³-hybridized carbons (Fsp3) is 0.357. The lowest BCUT2D eigenvalue weighted by Crippen LogP contribution is -2.38. The van der Waals surface area contributed by atoms with Crippen LogP contribution in [0.5, 0.6) is 5.75 Å². The summed E-state index contributed by atoms with van der Waals surface area (Å²) in [5.74, 6) is 0.620. The quantitative estimate of drug-likeness (QED) is 0.132. The van der Waals surface area contributed by atoms with E-state index in [2.05, 4.69) is 25.3 Å². The van der Waals surface area contributed by atoms with Crippen LogP contribution in [0.3, 0.4) is 0 Å². The highest BCUT2D eigenvalue weighted by molar-refractivity contribution is 7.53. The molecule has 1 aromatic carbocycles. The summed E-state index contributed by atoms with van der Waals surface area (Å²) in [6.45, 7) is 2.60. The molecule has 216 valence electrons. The number of nitrogens with zero attached hydrogens (tertiary/aromatic N) is 4. The number of benzene rings is 1. The van der Waals surface area contributed by atoms with Crippen LogP contribution in [0.4, 0.5) is 4.79 Å². The SMILES string of the molecule is CC(O)(CCCNC(=O)NCCOc1ccc2c(-c3c(-c4ccccn4)nn4c3CCC4)ccnc2c1)P(=O)(O)O. The Hall–Kier alpha value is -3.83. The Kier molecular flexibility index (Phi) is 8.37. The van der Waals surface area contributed by atoms with Gasteiger partial charge in [-0.25, -0.2) is 4.79 Å². The summed E-state index contributed by atoms with van der Waals surface area (Å²) in [6.07, 6.45) is 5.64. The fourth-order valence-corrected chi connectivity index (χ4v) is 5.35. The smallest absolute Gasteiger partial charge is 0.356 e. The average molecular weight is 581 g/mol. The molecule has 0 saturated carbocycles. The third-order valence-electron chi connectivity index (χ3n) is 7.13. The van der Waals surface area contributed by atoms with E-state index in [-0.39, 0.29) is 32.5 Å². The Morgan fingerprint density at radius 3 is 2.73 bits per heavy atom. The van der Waals surface area contributed by atoms with E-state index in [9.17, 15) is 14.5 Å². The van der Waals surface area contributed by atoms with Gasteiger partial charge in [-0.2, -0.15) is 5.10 Å². The number of nitrogens with one attached hydrogen (secondary N) is 2. The van der Waals surface area contributed by atoms with Crippen LogP contribution in [-0.4, -0.2) is 65.7 Å². The van der Waals surface area contributed by atoms with Crippen LogP contribution < -0.4 is 15.4 Å². The second kappa shape index (κ2) is 12.0. The molecular formula is C28H33N6O6P. The molecule has 1 atom stereocenters. The molecule has 5 rings (SSSR count). The Balaban J connectivity index is 1.20. The number of ether oxygens (including phenoxy) is 1. The van der Waals surface area contributed by atoms with Crippen molar-refractivity contribution in [3.63, 3.8) is 0 Å². The number of hydrogen-bond donors (Lipinski definition) is 5. The van der Waals surface area contributed by atoms with Crippen molar-refractivity contribution in [2.75, 3.05) is 19.7 Å². The Bertz CT molecular complexity index is 1590. The summed E-state index contributed by atoms with van der Waals surface area (Å²) in [4.78, 5) is 39.4. The van der Waals surface area contributed by atoms with Gasteiger partial charge in [0.05, 0.1) is 17.8 Å². The number of carbonyl (C=O) groups is 1. The lowest BCUT2D eigenvalue weighted by molar-refractivity contribution is 0.0980. The number of aliphatic hydroxyl groups is 1. The van der Waals surface area contributed by atoms with Gasteiger partial charge < -0.3 is 30.3 Å². The molecule has 3 aromatic heterocycles. The van der Waals surface area contributed by atoms with Crippen LogP contribution in [-0.2, 0) is 17.5 Å². The first-order valence-electron chi connectivity index (χ1n) is 13.5. The van der Waals surface area contributed by atoms with Gasteiger partial charge in [0.15, 0.2) is 5.34 Å². The molecule has 1 aliphatic heterocycles. The summed E-state index contributed by atoms with van der Waals surface area (Å²) in [7, 11) is -4.63.